The lowest BCUT2D eigenvalue weighted by molar-refractivity contribution is -0.150. The minimum atomic E-state index is -3.28. The molecule has 0 radical (unpaired) electrons. The summed E-state index contributed by atoms with van der Waals surface area (Å²) in [5, 5.41) is -1.49. The standard InChI is InChI=1S/C14H20Cl2O8S2/c15-9-5-25(19,20)7-11(9)23-13(17)3-1-2-4-14(18)24-12-8-26(21,22)6-10(12)16/h9-12H,1-8H2/t9-,10+,11-,12-/m1/s1. The fourth-order valence-electron chi connectivity index (χ4n) is 2.76. The number of halogens is 2. The molecule has 2 fully saturated rings. The van der Waals surface area contributed by atoms with E-state index in [1.807, 2.05) is 0 Å². The van der Waals surface area contributed by atoms with Gasteiger partial charge in [-0.3, -0.25) is 9.59 Å². The monoisotopic (exact) mass is 450 g/mol. The normalized spacial score (nSPS) is 32.2. The van der Waals surface area contributed by atoms with E-state index in [-0.39, 0.29) is 35.9 Å². The maximum absolute atomic E-state index is 11.7. The van der Waals surface area contributed by atoms with Crippen LogP contribution in [0.4, 0.5) is 0 Å². The Kier molecular flexibility index (Phi) is 7.20. The fourth-order valence-corrected chi connectivity index (χ4v) is 7.67. The number of unbranched alkanes of at least 4 members (excludes halogenated alkanes) is 1. The molecule has 0 aromatic heterocycles. The van der Waals surface area contributed by atoms with Crippen molar-refractivity contribution in [3.05, 3.63) is 0 Å². The molecule has 0 unspecified atom stereocenters. The molecule has 0 amide bonds. The van der Waals surface area contributed by atoms with Crippen molar-refractivity contribution in [1.82, 2.24) is 0 Å². The van der Waals surface area contributed by atoms with Gasteiger partial charge in [-0.15, -0.1) is 23.2 Å². The summed E-state index contributed by atoms with van der Waals surface area (Å²) in [4.78, 5) is 23.4. The quantitative estimate of drug-likeness (QED) is 0.311. The van der Waals surface area contributed by atoms with Crippen LogP contribution >= 0.6 is 23.2 Å². The predicted molar refractivity (Wildman–Crippen MR) is 94.8 cm³/mol. The Balaban J connectivity index is 1.63. The van der Waals surface area contributed by atoms with E-state index in [1.165, 1.54) is 0 Å². The first-order chi connectivity index (χ1) is 12.0. The molecule has 2 rings (SSSR count). The van der Waals surface area contributed by atoms with E-state index in [2.05, 4.69) is 0 Å². The van der Waals surface area contributed by atoms with Gasteiger partial charge in [-0.1, -0.05) is 0 Å². The van der Waals surface area contributed by atoms with Gasteiger partial charge in [0.15, 0.2) is 19.7 Å². The lowest BCUT2D eigenvalue weighted by Gasteiger charge is -2.14. The molecular formula is C14H20Cl2O8S2. The topological polar surface area (TPSA) is 121 Å². The average molecular weight is 451 g/mol. The van der Waals surface area contributed by atoms with Crippen LogP contribution in [0.1, 0.15) is 25.7 Å². The Morgan fingerprint density at radius 1 is 0.731 bits per heavy atom. The van der Waals surface area contributed by atoms with E-state index >= 15 is 0 Å². The Bertz CT molecular complexity index is 685. The van der Waals surface area contributed by atoms with Crippen LogP contribution in [0.2, 0.25) is 0 Å². The first-order valence-electron chi connectivity index (χ1n) is 8.05. The van der Waals surface area contributed by atoms with Crippen LogP contribution in [0.15, 0.2) is 0 Å². The summed E-state index contributed by atoms with van der Waals surface area (Å²) in [6.45, 7) is 0. The number of esters is 2. The number of hydrogen-bond acceptors (Lipinski definition) is 8. The first-order valence-corrected chi connectivity index (χ1v) is 12.6. The second-order valence-electron chi connectivity index (χ2n) is 6.45. The molecule has 2 heterocycles. The van der Waals surface area contributed by atoms with Crippen LogP contribution in [0.3, 0.4) is 0 Å². The molecule has 0 bridgehead atoms. The zero-order valence-electron chi connectivity index (χ0n) is 13.8. The molecule has 26 heavy (non-hydrogen) atoms. The summed E-state index contributed by atoms with van der Waals surface area (Å²) >= 11 is 11.7. The third-order valence-electron chi connectivity index (χ3n) is 4.05. The van der Waals surface area contributed by atoms with Gasteiger partial charge in [0.05, 0.1) is 33.8 Å². The van der Waals surface area contributed by atoms with Crippen molar-refractivity contribution in [3.63, 3.8) is 0 Å². The van der Waals surface area contributed by atoms with Gasteiger partial charge >= 0.3 is 11.9 Å². The van der Waals surface area contributed by atoms with Crippen LogP contribution in [0.5, 0.6) is 0 Å². The highest BCUT2D eigenvalue weighted by Crippen LogP contribution is 2.23. The average Bonchev–Trinajstić information content (AvgIpc) is 2.88. The Hall–Kier alpha value is -0.580. The van der Waals surface area contributed by atoms with Gasteiger partial charge < -0.3 is 9.47 Å². The summed E-state index contributed by atoms with van der Waals surface area (Å²) < 4.78 is 55.7. The number of alkyl halides is 2. The second kappa shape index (κ2) is 8.62. The Labute approximate surface area is 162 Å². The number of ether oxygens (including phenoxy) is 2. The molecule has 0 spiro atoms. The van der Waals surface area contributed by atoms with Crippen molar-refractivity contribution in [2.75, 3.05) is 23.0 Å². The van der Waals surface area contributed by atoms with Gasteiger partial charge in [-0.2, -0.15) is 0 Å². The predicted octanol–water partition coefficient (Wildman–Crippen LogP) is 0.442. The van der Waals surface area contributed by atoms with Crippen molar-refractivity contribution in [2.45, 2.75) is 48.6 Å². The van der Waals surface area contributed by atoms with Gasteiger partial charge in [0.2, 0.25) is 0 Å². The molecule has 150 valence electrons. The second-order valence-corrected chi connectivity index (χ2v) is 11.9. The van der Waals surface area contributed by atoms with Crippen molar-refractivity contribution < 1.29 is 35.9 Å². The number of rotatable bonds is 7. The molecule has 8 nitrogen and oxygen atoms in total. The van der Waals surface area contributed by atoms with Crippen LogP contribution in [-0.2, 0) is 38.7 Å². The maximum atomic E-state index is 11.7. The lowest BCUT2D eigenvalue weighted by atomic mass is 10.2. The van der Waals surface area contributed by atoms with Crippen LogP contribution in [0.25, 0.3) is 0 Å². The van der Waals surface area contributed by atoms with E-state index < -0.39 is 54.6 Å². The smallest absolute Gasteiger partial charge is 0.306 e. The van der Waals surface area contributed by atoms with E-state index in [1.54, 1.807) is 0 Å². The molecule has 0 N–H and O–H groups in total. The van der Waals surface area contributed by atoms with Crippen molar-refractivity contribution in [3.8, 4) is 0 Å². The van der Waals surface area contributed by atoms with Crippen molar-refractivity contribution in [1.29, 1.82) is 0 Å². The molecule has 4 atom stereocenters. The summed E-state index contributed by atoms with van der Waals surface area (Å²) in [7, 11) is -6.55. The van der Waals surface area contributed by atoms with Crippen LogP contribution in [0, 0.1) is 0 Å². The van der Waals surface area contributed by atoms with Gasteiger partial charge in [0, 0.05) is 12.8 Å². The van der Waals surface area contributed by atoms with E-state index in [9.17, 15) is 26.4 Å². The Morgan fingerprint density at radius 3 is 1.35 bits per heavy atom. The molecule has 0 aromatic rings. The van der Waals surface area contributed by atoms with Gasteiger partial charge in [0.1, 0.15) is 12.2 Å². The van der Waals surface area contributed by atoms with Crippen molar-refractivity contribution in [2.24, 2.45) is 0 Å². The van der Waals surface area contributed by atoms with Crippen LogP contribution < -0.4 is 0 Å². The molecule has 2 saturated heterocycles. The minimum Gasteiger partial charge on any atom is -0.460 e. The number of carbonyl (C=O) groups is 2. The zero-order valence-corrected chi connectivity index (χ0v) is 16.9. The SMILES string of the molecule is O=C(CCCCC(=O)O[C@@H]1CS(=O)(=O)C[C@@H]1Cl)O[C@@H]1CS(=O)(=O)C[C@H]1Cl. The third-order valence-corrected chi connectivity index (χ3v) is 8.69. The van der Waals surface area contributed by atoms with E-state index in [0.29, 0.717) is 12.8 Å². The summed E-state index contributed by atoms with van der Waals surface area (Å²) in [5.41, 5.74) is 0. The number of sulfone groups is 2. The maximum Gasteiger partial charge on any atom is 0.306 e. The molecule has 2 aliphatic heterocycles. The molecule has 0 aromatic carbocycles. The molecule has 0 aliphatic carbocycles. The molecule has 12 heteroatoms. The third kappa shape index (κ3) is 6.54. The summed E-state index contributed by atoms with van der Waals surface area (Å²) in [5.74, 6) is -2.12. The van der Waals surface area contributed by atoms with Gasteiger partial charge in [-0.25, -0.2) is 16.8 Å². The highest BCUT2D eigenvalue weighted by molar-refractivity contribution is 7.92. The minimum absolute atomic E-state index is 0.0172. The largest absolute Gasteiger partial charge is 0.460 e. The zero-order chi connectivity index (χ0) is 19.5. The lowest BCUT2D eigenvalue weighted by Crippen LogP contribution is -2.26. The molecular weight excluding hydrogens is 431 g/mol. The first kappa shape index (κ1) is 21.7. The van der Waals surface area contributed by atoms with E-state index in [4.69, 9.17) is 32.7 Å². The Morgan fingerprint density at radius 2 is 1.08 bits per heavy atom. The van der Waals surface area contributed by atoms with Gasteiger partial charge in [0.25, 0.3) is 0 Å². The summed E-state index contributed by atoms with van der Waals surface area (Å²) in [6.07, 6.45) is -0.971. The molecule has 2 aliphatic rings. The number of hydrogen-bond donors (Lipinski definition) is 0. The van der Waals surface area contributed by atoms with Crippen molar-refractivity contribution >= 4 is 54.8 Å². The highest BCUT2D eigenvalue weighted by atomic mass is 35.5. The van der Waals surface area contributed by atoms with E-state index in [0.717, 1.165) is 0 Å². The number of carbonyl (C=O) groups excluding carboxylic acids is 2. The molecule has 0 saturated carbocycles. The van der Waals surface area contributed by atoms with Crippen LogP contribution in [-0.4, -0.2) is 74.7 Å². The highest BCUT2D eigenvalue weighted by Gasteiger charge is 2.40. The summed E-state index contributed by atoms with van der Waals surface area (Å²) in [6, 6.07) is 0. The fraction of sp³-hybridized carbons (Fsp3) is 0.857. The van der Waals surface area contributed by atoms with Gasteiger partial charge in [-0.05, 0) is 12.8 Å².